The quantitative estimate of drug-likeness (QED) is 0.747. The Kier molecular flexibility index (Phi) is 4.13. The Labute approximate surface area is 153 Å². The number of pyridine rings is 1. The molecule has 0 atom stereocenters. The number of nitrogens with zero attached hydrogens (tertiary/aromatic N) is 5. The summed E-state index contributed by atoms with van der Waals surface area (Å²) in [5, 5.41) is 0. The molecule has 4 rings (SSSR count). The van der Waals surface area contributed by atoms with E-state index in [-0.39, 0.29) is 0 Å². The van der Waals surface area contributed by atoms with E-state index in [1.165, 1.54) is 12.8 Å². The summed E-state index contributed by atoms with van der Waals surface area (Å²) < 4.78 is 2.21. The lowest BCUT2D eigenvalue weighted by atomic mass is 9.71. The number of fused-ring (bicyclic) bond motifs is 1. The third-order valence-corrected chi connectivity index (χ3v) is 5.70. The molecule has 0 aliphatic heterocycles. The van der Waals surface area contributed by atoms with E-state index in [2.05, 4.69) is 40.3 Å². The zero-order chi connectivity index (χ0) is 18.3. The van der Waals surface area contributed by atoms with Crippen LogP contribution in [0.15, 0.2) is 30.9 Å². The first-order valence-corrected chi connectivity index (χ1v) is 9.34. The molecule has 0 amide bonds. The van der Waals surface area contributed by atoms with Gasteiger partial charge in [0.2, 0.25) is 0 Å². The van der Waals surface area contributed by atoms with Crippen molar-refractivity contribution in [2.75, 3.05) is 5.73 Å². The topological polar surface area (TPSA) is 82.5 Å². The lowest BCUT2D eigenvalue weighted by Crippen LogP contribution is -2.27. The second-order valence-corrected chi connectivity index (χ2v) is 8.36. The highest BCUT2D eigenvalue weighted by atomic mass is 15.2. The van der Waals surface area contributed by atoms with Crippen LogP contribution >= 0.6 is 0 Å². The van der Waals surface area contributed by atoms with Gasteiger partial charge >= 0.3 is 0 Å². The minimum atomic E-state index is 0.378. The average Bonchev–Trinajstić information content (AvgIpc) is 3.06. The lowest BCUT2D eigenvalue weighted by molar-refractivity contribution is 0.153. The van der Waals surface area contributed by atoms with Crippen molar-refractivity contribution in [3.63, 3.8) is 0 Å². The summed E-state index contributed by atoms with van der Waals surface area (Å²) in [4.78, 5) is 17.8. The number of nitrogen functional groups attached to an aromatic ring is 1. The molecule has 6 heteroatoms. The summed E-state index contributed by atoms with van der Waals surface area (Å²) >= 11 is 0. The Hall–Kier alpha value is -2.50. The Morgan fingerprint density at radius 3 is 2.38 bits per heavy atom. The van der Waals surface area contributed by atoms with Gasteiger partial charge in [-0.3, -0.25) is 4.98 Å². The van der Waals surface area contributed by atoms with Crippen LogP contribution in [0.5, 0.6) is 0 Å². The van der Waals surface area contributed by atoms with E-state index < -0.39 is 0 Å². The van der Waals surface area contributed by atoms with E-state index in [4.69, 9.17) is 10.7 Å². The van der Waals surface area contributed by atoms with Crippen LogP contribution in [-0.4, -0.2) is 24.5 Å². The number of hydrogen-bond acceptors (Lipinski definition) is 5. The molecule has 3 aromatic rings. The molecular formula is C20H26N6. The van der Waals surface area contributed by atoms with Crippen molar-refractivity contribution in [3.8, 4) is 11.4 Å². The van der Waals surface area contributed by atoms with Crippen molar-refractivity contribution < 1.29 is 0 Å². The molecule has 0 unspecified atom stereocenters. The smallest absolute Gasteiger partial charge is 0.166 e. The third kappa shape index (κ3) is 3.04. The van der Waals surface area contributed by atoms with Crippen LogP contribution in [-0.2, 0) is 0 Å². The predicted molar refractivity (Wildman–Crippen MR) is 103 cm³/mol. The molecule has 0 aromatic carbocycles. The minimum absolute atomic E-state index is 0.378. The minimum Gasteiger partial charge on any atom is -0.382 e. The van der Waals surface area contributed by atoms with Gasteiger partial charge in [0.25, 0.3) is 0 Å². The van der Waals surface area contributed by atoms with Gasteiger partial charge in [0.1, 0.15) is 5.52 Å². The van der Waals surface area contributed by atoms with Crippen molar-refractivity contribution in [2.24, 2.45) is 11.3 Å². The molecule has 136 valence electrons. The number of hydrogen-bond donors (Lipinski definition) is 1. The van der Waals surface area contributed by atoms with E-state index in [0.29, 0.717) is 28.6 Å². The van der Waals surface area contributed by atoms with E-state index in [9.17, 15) is 0 Å². The second-order valence-electron chi connectivity index (χ2n) is 8.36. The van der Waals surface area contributed by atoms with Crippen LogP contribution in [0.4, 0.5) is 5.82 Å². The van der Waals surface area contributed by atoms with Crippen LogP contribution < -0.4 is 5.73 Å². The molecule has 0 radical (unpaired) electrons. The standard InChI is InChI=1S/C20H26N6/c1-20(2,3)14-4-6-15(7-5-14)26-12-23-16-17(21)24-18(25-19(16)26)13-8-10-22-11-9-13/h8-12,14-15H,4-7H2,1-3H3,(H2,21,24,25)/t14-,15+. The highest BCUT2D eigenvalue weighted by molar-refractivity contribution is 5.83. The average molecular weight is 350 g/mol. The van der Waals surface area contributed by atoms with Gasteiger partial charge in [-0.25, -0.2) is 15.0 Å². The monoisotopic (exact) mass is 350 g/mol. The van der Waals surface area contributed by atoms with Crippen molar-refractivity contribution >= 4 is 17.0 Å². The maximum atomic E-state index is 6.17. The number of rotatable bonds is 2. The zero-order valence-corrected chi connectivity index (χ0v) is 15.7. The fraction of sp³-hybridized carbons (Fsp3) is 0.500. The van der Waals surface area contributed by atoms with E-state index >= 15 is 0 Å². The lowest BCUT2D eigenvalue weighted by Gasteiger charge is -2.37. The Balaban J connectivity index is 1.68. The van der Waals surface area contributed by atoms with Crippen LogP contribution in [0.3, 0.4) is 0 Å². The molecule has 0 saturated heterocycles. The summed E-state index contributed by atoms with van der Waals surface area (Å²) in [5.41, 5.74) is 9.00. The maximum Gasteiger partial charge on any atom is 0.166 e. The molecule has 1 saturated carbocycles. The zero-order valence-electron chi connectivity index (χ0n) is 15.7. The summed E-state index contributed by atoms with van der Waals surface area (Å²) in [6, 6.07) is 4.23. The summed E-state index contributed by atoms with van der Waals surface area (Å²) in [6.07, 6.45) is 10.2. The van der Waals surface area contributed by atoms with Gasteiger partial charge in [-0.1, -0.05) is 20.8 Å². The summed E-state index contributed by atoms with van der Waals surface area (Å²) in [7, 11) is 0. The van der Waals surface area contributed by atoms with E-state index in [0.717, 1.165) is 30.0 Å². The highest BCUT2D eigenvalue weighted by Crippen LogP contribution is 2.42. The molecule has 3 aromatic heterocycles. The van der Waals surface area contributed by atoms with Crippen molar-refractivity contribution in [3.05, 3.63) is 30.9 Å². The van der Waals surface area contributed by atoms with Gasteiger partial charge < -0.3 is 10.3 Å². The maximum absolute atomic E-state index is 6.17. The van der Waals surface area contributed by atoms with E-state index in [1.807, 2.05) is 18.5 Å². The summed E-state index contributed by atoms with van der Waals surface area (Å²) in [6.45, 7) is 7.04. The number of nitrogens with two attached hydrogens (primary N) is 1. The van der Waals surface area contributed by atoms with Gasteiger partial charge in [0, 0.05) is 24.0 Å². The van der Waals surface area contributed by atoms with Crippen molar-refractivity contribution in [1.82, 2.24) is 24.5 Å². The first-order chi connectivity index (χ1) is 12.4. The first kappa shape index (κ1) is 16.9. The molecule has 1 fully saturated rings. The molecule has 6 nitrogen and oxygen atoms in total. The highest BCUT2D eigenvalue weighted by Gasteiger charge is 2.31. The predicted octanol–water partition coefficient (Wildman–Crippen LogP) is 4.25. The number of imidazole rings is 1. The molecule has 3 heterocycles. The number of aromatic nitrogens is 5. The van der Waals surface area contributed by atoms with Crippen molar-refractivity contribution in [2.45, 2.75) is 52.5 Å². The Morgan fingerprint density at radius 1 is 1.04 bits per heavy atom. The Morgan fingerprint density at radius 2 is 1.73 bits per heavy atom. The molecule has 0 bridgehead atoms. The second kappa shape index (κ2) is 6.34. The summed E-state index contributed by atoms with van der Waals surface area (Å²) in [5.74, 6) is 1.84. The molecule has 1 aliphatic carbocycles. The molecule has 2 N–H and O–H groups in total. The van der Waals surface area contributed by atoms with Gasteiger partial charge in [0.15, 0.2) is 17.3 Å². The fourth-order valence-corrected chi connectivity index (χ4v) is 4.06. The molecule has 26 heavy (non-hydrogen) atoms. The van der Waals surface area contributed by atoms with Crippen LogP contribution in [0.1, 0.15) is 52.5 Å². The normalized spacial score (nSPS) is 21.2. The van der Waals surface area contributed by atoms with Crippen LogP contribution in [0.25, 0.3) is 22.6 Å². The molecular weight excluding hydrogens is 324 g/mol. The van der Waals surface area contributed by atoms with Gasteiger partial charge in [-0.15, -0.1) is 0 Å². The fourth-order valence-electron chi connectivity index (χ4n) is 4.06. The van der Waals surface area contributed by atoms with Gasteiger partial charge in [-0.05, 0) is 49.1 Å². The number of anilines is 1. The van der Waals surface area contributed by atoms with E-state index in [1.54, 1.807) is 12.4 Å². The SMILES string of the molecule is CC(C)(C)[C@H]1CC[C@@H](n2cnc3c(N)nc(-c4ccncc4)nc32)CC1. The largest absolute Gasteiger partial charge is 0.382 e. The first-order valence-electron chi connectivity index (χ1n) is 9.34. The molecule has 1 aliphatic rings. The van der Waals surface area contributed by atoms with Crippen LogP contribution in [0, 0.1) is 11.3 Å². The molecule has 0 spiro atoms. The van der Waals surface area contributed by atoms with Gasteiger partial charge in [0.05, 0.1) is 6.33 Å². The van der Waals surface area contributed by atoms with Crippen LogP contribution in [0.2, 0.25) is 0 Å². The Bertz CT molecular complexity index is 901. The van der Waals surface area contributed by atoms with Gasteiger partial charge in [-0.2, -0.15) is 0 Å². The third-order valence-electron chi connectivity index (χ3n) is 5.70. The van der Waals surface area contributed by atoms with Crippen molar-refractivity contribution in [1.29, 1.82) is 0 Å².